The number of aryl methyl sites for hydroxylation is 1. The number of pyridine rings is 1. The summed E-state index contributed by atoms with van der Waals surface area (Å²) >= 11 is 0. The van der Waals surface area contributed by atoms with Crippen LogP contribution in [0.5, 0.6) is 0 Å². The summed E-state index contributed by atoms with van der Waals surface area (Å²) in [6.45, 7) is 1.33. The summed E-state index contributed by atoms with van der Waals surface area (Å²) in [5, 5.41) is 10.8. The molecule has 0 bridgehead atoms. The van der Waals surface area contributed by atoms with Crippen molar-refractivity contribution in [3.63, 3.8) is 0 Å². The molecule has 1 aromatic carbocycles. The Morgan fingerprint density at radius 3 is 2.60 bits per heavy atom. The van der Waals surface area contributed by atoms with Gasteiger partial charge >= 0.3 is 6.03 Å². The molecule has 2 N–H and O–H groups in total. The van der Waals surface area contributed by atoms with Gasteiger partial charge in [-0.1, -0.05) is 24.6 Å². The van der Waals surface area contributed by atoms with Crippen LogP contribution in [0.2, 0.25) is 0 Å². The van der Waals surface area contributed by atoms with Crippen molar-refractivity contribution < 1.29 is 13.2 Å². The molecule has 0 unspecified atom stereocenters. The molecule has 0 atom stereocenters. The van der Waals surface area contributed by atoms with Gasteiger partial charge in [-0.2, -0.15) is 9.40 Å². The number of anilines is 1. The van der Waals surface area contributed by atoms with Gasteiger partial charge in [0.1, 0.15) is 10.7 Å². The maximum Gasteiger partial charge on any atom is 0.320 e. The van der Waals surface area contributed by atoms with Gasteiger partial charge in [0.15, 0.2) is 0 Å². The van der Waals surface area contributed by atoms with Gasteiger partial charge in [-0.25, -0.2) is 18.2 Å². The second-order valence-electron chi connectivity index (χ2n) is 7.24. The van der Waals surface area contributed by atoms with Crippen LogP contribution in [0.3, 0.4) is 0 Å². The molecule has 9 nitrogen and oxygen atoms in total. The topological polar surface area (TPSA) is 109 Å². The van der Waals surface area contributed by atoms with Gasteiger partial charge in [0, 0.05) is 31.7 Å². The van der Waals surface area contributed by atoms with E-state index in [1.165, 1.54) is 22.6 Å². The van der Waals surface area contributed by atoms with Crippen molar-refractivity contribution in [3.05, 3.63) is 48.3 Å². The van der Waals surface area contributed by atoms with Crippen LogP contribution >= 0.6 is 0 Å². The van der Waals surface area contributed by atoms with Crippen LogP contribution < -0.4 is 10.6 Å². The highest BCUT2D eigenvalue weighted by Gasteiger charge is 2.26. The summed E-state index contributed by atoms with van der Waals surface area (Å²) in [5.74, 6) is 0.274. The van der Waals surface area contributed by atoms with Crippen LogP contribution in [0.4, 0.5) is 10.6 Å². The first kappa shape index (κ1) is 20.3. The van der Waals surface area contributed by atoms with Gasteiger partial charge in [-0.15, -0.1) is 0 Å². The van der Waals surface area contributed by atoms with Gasteiger partial charge < -0.3 is 5.32 Å². The smallest absolute Gasteiger partial charge is 0.320 e. The molecule has 0 radical (unpaired) electrons. The van der Waals surface area contributed by atoms with E-state index < -0.39 is 16.1 Å². The fourth-order valence-corrected chi connectivity index (χ4v) is 5.07. The largest absolute Gasteiger partial charge is 0.332 e. The molecule has 1 aliphatic rings. The number of nitrogens with one attached hydrogen (secondary N) is 2. The average Bonchev–Trinajstić information content (AvgIpc) is 3.09. The second kappa shape index (κ2) is 8.41. The van der Waals surface area contributed by atoms with Crippen LogP contribution in [0.25, 0.3) is 10.9 Å². The molecule has 1 fully saturated rings. The quantitative estimate of drug-likeness (QED) is 0.649. The number of carbonyl (C=O) groups excluding carboxylic acids is 1. The van der Waals surface area contributed by atoms with Gasteiger partial charge in [0.25, 0.3) is 0 Å². The van der Waals surface area contributed by atoms with E-state index in [-0.39, 0.29) is 17.3 Å². The Kier molecular flexibility index (Phi) is 5.69. The van der Waals surface area contributed by atoms with Crippen LogP contribution in [-0.4, -0.2) is 46.6 Å². The van der Waals surface area contributed by atoms with Crippen molar-refractivity contribution in [2.75, 3.05) is 18.4 Å². The number of piperidine rings is 1. The van der Waals surface area contributed by atoms with Crippen molar-refractivity contribution in [3.8, 4) is 0 Å². The number of hydrogen-bond acceptors (Lipinski definition) is 5. The molecule has 1 aliphatic heterocycles. The Bertz CT molecular complexity index is 1150. The van der Waals surface area contributed by atoms with Gasteiger partial charge in [0.05, 0.1) is 17.8 Å². The Balaban J connectivity index is 1.38. The molecule has 0 spiro atoms. The maximum atomic E-state index is 12.7. The summed E-state index contributed by atoms with van der Waals surface area (Å²) < 4.78 is 28.6. The molecular formula is C20H24N6O3S. The Labute approximate surface area is 175 Å². The molecule has 1 saturated heterocycles. The molecule has 158 valence electrons. The molecular weight excluding hydrogens is 404 g/mol. The summed E-state index contributed by atoms with van der Waals surface area (Å²) in [5.41, 5.74) is 1.75. The number of benzene rings is 1. The number of fused-ring (bicyclic) bond motifs is 1. The van der Waals surface area contributed by atoms with E-state index in [0.29, 0.717) is 13.1 Å². The number of amides is 2. The fourth-order valence-electron chi connectivity index (χ4n) is 3.60. The van der Waals surface area contributed by atoms with Crippen LogP contribution in [-0.2, 0) is 23.6 Å². The number of urea groups is 1. The summed E-state index contributed by atoms with van der Waals surface area (Å²) in [4.78, 5) is 16.5. The standard InChI is InChI=1S/C20H24N6O3S/c1-25-18-8-4-3-7-16(18)17(24-25)14-22-20(27)23-19-10-9-15(13-21-19)30(28,29)26-11-5-2-6-12-26/h3-4,7-10,13H,2,5-6,11-12,14H2,1H3,(H2,21,22,23,27). The van der Waals surface area contributed by atoms with Crippen LogP contribution in [0.1, 0.15) is 25.0 Å². The minimum atomic E-state index is -3.54. The minimum absolute atomic E-state index is 0.135. The van der Waals surface area contributed by atoms with E-state index in [1.54, 1.807) is 4.68 Å². The monoisotopic (exact) mass is 428 g/mol. The maximum absolute atomic E-state index is 12.7. The third-order valence-corrected chi connectivity index (χ3v) is 7.06. The van der Waals surface area contributed by atoms with Gasteiger partial charge in [-0.3, -0.25) is 10.00 Å². The molecule has 3 aromatic rings. The lowest BCUT2D eigenvalue weighted by atomic mass is 10.2. The predicted octanol–water partition coefficient (Wildman–Crippen LogP) is 2.46. The lowest BCUT2D eigenvalue weighted by Gasteiger charge is -2.25. The van der Waals surface area contributed by atoms with Crippen LogP contribution in [0, 0.1) is 0 Å². The van der Waals surface area contributed by atoms with Crippen molar-refractivity contribution in [1.29, 1.82) is 0 Å². The predicted molar refractivity (Wildman–Crippen MR) is 113 cm³/mol. The zero-order valence-corrected chi connectivity index (χ0v) is 17.5. The number of aromatic nitrogens is 3. The number of rotatable bonds is 5. The number of nitrogens with zero attached hydrogens (tertiary/aromatic N) is 4. The third kappa shape index (κ3) is 4.14. The van der Waals surface area contributed by atoms with E-state index in [9.17, 15) is 13.2 Å². The Morgan fingerprint density at radius 2 is 1.87 bits per heavy atom. The van der Waals surface area contributed by atoms with E-state index in [4.69, 9.17) is 0 Å². The summed E-state index contributed by atoms with van der Waals surface area (Å²) in [6.07, 6.45) is 4.08. The first-order chi connectivity index (χ1) is 14.4. The molecule has 30 heavy (non-hydrogen) atoms. The highest BCUT2D eigenvalue weighted by molar-refractivity contribution is 7.89. The van der Waals surface area contributed by atoms with Gasteiger partial charge in [0.2, 0.25) is 10.0 Å². The summed E-state index contributed by atoms with van der Waals surface area (Å²) in [7, 11) is -1.68. The van der Waals surface area contributed by atoms with Crippen molar-refractivity contribution >= 4 is 32.8 Å². The minimum Gasteiger partial charge on any atom is -0.332 e. The van der Waals surface area contributed by atoms with Crippen molar-refractivity contribution in [1.82, 2.24) is 24.4 Å². The highest BCUT2D eigenvalue weighted by atomic mass is 32.2. The zero-order valence-electron chi connectivity index (χ0n) is 16.7. The van der Waals surface area contributed by atoms with Gasteiger partial charge in [-0.05, 0) is 31.0 Å². The molecule has 2 amide bonds. The number of sulfonamides is 1. The van der Waals surface area contributed by atoms with Crippen molar-refractivity contribution in [2.24, 2.45) is 7.05 Å². The SMILES string of the molecule is Cn1nc(CNC(=O)Nc2ccc(S(=O)(=O)N3CCCCC3)cn2)c2ccccc21. The zero-order chi connectivity index (χ0) is 21.1. The number of para-hydroxylation sites is 1. The summed E-state index contributed by atoms with van der Waals surface area (Å²) in [6, 6.07) is 10.3. The van der Waals surface area contributed by atoms with E-state index in [0.717, 1.165) is 35.9 Å². The molecule has 0 saturated carbocycles. The molecule has 3 heterocycles. The van der Waals surface area contributed by atoms with E-state index >= 15 is 0 Å². The van der Waals surface area contributed by atoms with Crippen LogP contribution in [0.15, 0.2) is 47.5 Å². The Hall–Kier alpha value is -2.98. The first-order valence-corrected chi connectivity index (χ1v) is 11.3. The highest BCUT2D eigenvalue weighted by Crippen LogP contribution is 2.21. The fraction of sp³-hybridized carbons (Fsp3) is 0.350. The average molecular weight is 429 g/mol. The lowest BCUT2D eigenvalue weighted by molar-refractivity contribution is 0.251. The second-order valence-corrected chi connectivity index (χ2v) is 9.18. The van der Waals surface area contributed by atoms with E-state index in [1.807, 2.05) is 31.3 Å². The Morgan fingerprint density at radius 1 is 1.10 bits per heavy atom. The van der Waals surface area contributed by atoms with Crippen molar-refractivity contribution in [2.45, 2.75) is 30.7 Å². The molecule has 4 rings (SSSR count). The molecule has 10 heteroatoms. The third-order valence-electron chi connectivity index (χ3n) is 5.18. The first-order valence-electron chi connectivity index (χ1n) is 9.87. The number of hydrogen-bond donors (Lipinski definition) is 2. The normalized spacial score (nSPS) is 15.2. The number of carbonyl (C=O) groups is 1. The van der Waals surface area contributed by atoms with E-state index in [2.05, 4.69) is 20.7 Å². The lowest BCUT2D eigenvalue weighted by Crippen LogP contribution is -2.35. The molecule has 2 aromatic heterocycles. The molecule has 0 aliphatic carbocycles.